The van der Waals surface area contributed by atoms with Crippen LogP contribution in [-0.2, 0) is 9.53 Å². The van der Waals surface area contributed by atoms with E-state index in [2.05, 4.69) is 0 Å². The van der Waals surface area contributed by atoms with Crippen LogP contribution < -0.4 is 9.64 Å². The highest BCUT2D eigenvalue weighted by molar-refractivity contribution is 8.00. The number of esters is 1. The molecular formula is C18H17NO4S. The van der Waals surface area contributed by atoms with Crippen molar-refractivity contribution in [3.63, 3.8) is 0 Å². The molecular weight excluding hydrogens is 326 g/mol. The molecule has 1 aliphatic rings. The second kappa shape index (κ2) is 6.97. The summed E-state index contributed by atoms with van der Waals surface area (Å²) in [4.78, 5) is 25.6. The lowest BCUT2D eigenvalue weighted by Crippen LogP contribution is -2.27. The monoisotopic (exact) mass is 343 g/mol. The SMILES string of the molecule is COC(=O)c1ccc(N2C(=O)CS[C@H]2c2ccc(OC)cc2)cc1. The van der Waals surface area contributed by atoms with E-state index in [-0.39, 0.29) is 11.3 Å². The van der Waals surface area contributed by atoms with E-state index in [1.165, 1.54) is 7.11 Å². The Morgan fingerprint density at radius 3 is 2.33 bits per heavy atom. The smallest absolute Gasteiger partial charge is 0.337 e. The standard InChI is InChI=1S/C18H17NO4S/c1-22-15-9-5-12(6-10-15)17-19(16(20)11-24-17)14-7-3-13(4-8-14)18(21)23-2/h3-10,17H,11H2,1-2H3/t17-/m0/s1. The largest absolute Gasteiger partial charge is 0.497 e. The van der Waals surface area contributed by atoms with Gasteiger partial charge in [0.1, 0.15) is 11.1 Å². The van der Waals surface area contributed by atoms with Crippen LogP contribution in [0.1, 0.15) is 21.3 Å². The van der Waals surface area contributed by atoms with Gasteiger partial charge in [-0.1, -0.05) is 12.1 Å². The molecule has 2 aromatic rings. The molecule has 24 heavy (non-hydrogen) atoms. The van der Waals surface area contributed by atoms with Gasteiger partial charge in [0.15, 0.2) is 0 Å². The molecule has 0 N–H and O–H groups in total. The van der Waals surface area contributed by atoms with Crippen molar-refractivity contribution < 1.29 is 19.1 Å². The van der Waals surface area contributed by atoms with Crippen LogP contribution in [0.5, 0.6) is 5.75 Å². The Morgan fingerprint density at radius 1 is 1.08 bits per heavy atom. The lowest BCUT2D eigenvalue weighted by molar-refractivity contribution is -0.115. The highest BCUT2D eigenvalue weighted by Gasteiger charge is 2.34. The Labute approximate surface area is 144 Å². The summed E-state index contributed by atoms with van der Waals surface area (Å²) in [5.74, 6) is 0.860. The molecule has 0 bridgehead atoms. The van der Waals surface area contributed by atoms with Crippen LogP contribution in [0.4, 0.5) is 5.69 Å². The molecule has 1 atom stereocenters. The first kappa shape index (κ1) is 16.4. The van der Waals surface area contributed by atoms with E-state index in [1.807, 2.05) is 24.3 Å². The van der Waals surface area contributed by atoms with Crippen LogP contribution in [0, 0.1) is 0 Å². The van der Waals surface area contributed by atoms with E-state index < -0.39 is 5.97 Å². The molecule has 1 saturated heterocycles. The van der Waals surface area contributed by atoms with Crippen molar-refractivity contribution >= 4 is 29.3 Å². The quantitative estimate of drug-likeness (QED) is 0.798. The third-order valence-corrected chi connectivity index (χ3v) is 5.05. The van der Waals surface area contributed by atoms with Gasteiger partial charge in [-0.05, 0) is 42.0 Å². The molecule has 1 heterocycles. The first-order chi connectivity index (χ1) is 11.6. The van der Waals surface area contributed by atoms with E-state index in [0.29, 0.717) is 11.3 Å². The minimum absolute atomic E-state index is 0.0478. The molecule has 3 rings (SSSR count). The molecule has 1 aliphatic heterocycles. The number of hydrogen-bond donors (Lipinski definition) is 0. The zero-order chi connectivity index (χ0) is 17.1. The van der Waals surface area contributed by atoms with Crippen molar-refractivity contribution in [1.29, 1.82) is 0 Å². The average molecular weight is 343 g/mol. The summed E-state index contributed by atoms with van der Waals surface area (Å²) in [6.07, 6.45) is 0. The summed E-state index contributed by atoms with van der Waals surface area (Å²) in [7, 11) is 2.97. The van der Waals surface area contributed by atoms with Gasteiger partial charge in [0, 0.05) is 5.69 Å². The van der Waals surface area contributed by atoms with Gasteiger partial charge in [-0.25, -0.2) is 4.79 Å². The van der Waals surface area contributed by atoms with Crippen LogP contribution >= 0.6 is 11.8 Å². The number of carbonyl (C=O) groups excluding carboxylic acids is 2. The van der Waals surface area contributed by atoms with Crippen molar-refractivity contribution in [1.82, 2.24) is 0 Å². The predicted molar refractivity (Wildman–Crippen MR) is 93.5 cm³/mol. The topological polar surface area (TPSA) is 55.8 Å². The summed E-state index contributed by atoms with van der Waals surface area (Å²) in [6, 6.07) is 14.6. The predicted octanol–water partition coefficient (Wildman–Crippen LogP) is 3.26. The van der Waals surface area contributed by atoms with Gasteiger partial charge in [-0.15, -0.1) is 11.8 Å². The Balaban J connectivity index is 1.88. The van der Waals surface area contributed by atoms with Gasteiger partial charge in [0.25, 0.3) is 0 Å². The Hall–Kier alpha value is -2.47. The van der Waals surface area contributed by atoms with Gasteiger partial charge in [0.05, 0.1) is 25.5 Å². The van der Waals surface area contributed by atoms with Gasteiger partial charge >= 0.3 is 5.97 Å². The average Bonchev–Trinajstić information content (AvgIpc) is 3.02. The number of nitrogens with zero attached hydrogens (tertiary/aromatic N) is 1. The second-order valence-corrected chi connectivity index (χ2v) is 6.31. The number of carbonyl (C=O) groups is 2. The van der Waals surface area contributed by atoms with E-state index in [0.717, 1.165) is 17.0 Å². The number of thioether (sulfide) groups is 1. The molecule has 0 aliphatic carbocycles. The van der Waals surface area contributed by atoms with E-state index in [9.17, 15) is 9.59 Å². The molecule has 0 spiro atoms. The van der Waals surface area contributed by atoms with Crippen molar-refractivity contribution in [3.8, 4) is 5.75 Å². The van der Waals surface area contributed by atoms with Crippen LogP contribution in [-0.4, -0.2) is 31.8 Å². The Morgan fingerprint density at radius 2 is 1.75 bits per heavy atom. The van der Waals surface area contributed by atoms with Gasteiger partial charge < -0.3 is 9.47 Å². The number of benzene rings is 2. The molecule has 5 nitrogen and oxygen atoms in total. The maximum atomic E-state index is 12.3. The van der Waals surface area contributed by atoms with Crippen molar-refractivity contribution in [3.05, 3.63) is 59.7 Å². The fourth-order valence-electron chi connectivity index (χ4n) is 2.59. The zero-order valence-corrected chi connectivity index (χ0v) is 14.2. The fraction of sp³-hybridized carbons (Fsp3) is 0.222. The Kier molecular flexibility index (Phi) is 4.76. The number of anilines is 1. The number of hydrogen-bond acceptors (Lipinski definition) is 5. The lowest BCUT2D eigenvalue weighted by atomic mass is 10.1. The van der Waals surface area contributed by atoms with Crippen LogP contribution in [0.3, 0.4) is 0 Å². The summed E-state index contributed by atoms with van der Waals surface area (Å²) in [5, 5.41) is -0.0904. The number of ether oxygens (including phenoxy) is 2. The summed E-state index contributed by atoms with van der Waals surface area (Å²) < 4.78 is 9.88. The molecule has 2 aromatic carbocycles. The normalized spacial score (nSPS) is 17.0. The second-order valence-electron chi connectivity index (χ2n) is 5.24. The van der Waals surface area contributed by atoms with Crippen molar-refractivity contribution in [2.24, 2.45) is 0 Å². The molecule has 0 unspecified atom stereocenters. The van der Waals surface area contributed by atoms with Crippen molar-refractivity contribution in [2.45, 2.75) is 5.37 Å². The molecule has 1 amide bonds. The molecule has 6 heteroatoms. The van der Waals surface area contributed by atoms with E-state index in [1.54, 1.807) is 48.0 Å². The maximum Gasteiger partial charge on any atom is 0.337 e. The highest BCUT2D eigenvalue weighted by Crippen LogP contribution is 2.42. The third kappa shape index (κ3) is 3.10. The van der Waals surface area contributed by atoms with Gasteiger partial charge in [0.2, 0.25) is 5.91 Å². The van der Waals surface area contributed by atoms with Crippen LogP contribution in [0.15, 0.2) is 48.5 Å². The van der Waals surface area contributed by atoms with Gasteiger partial charge in [-0.3, -0.25) is 9.69 Å². The minimum atomic E-state index is -0.393. The molecule has 124 valence electrons. The lowest BCUT2D eigenvalue weighted by Gasteiger charge is -2.24. The van der Waals surface area contributed by atoms with Crippen LogP contribution in [0.2, 0.25) is 0 Å². The maximum absolute atomic E-state index is 12.3. The van der Waals surface area contributed by atoms with Gasteiger partial charge in [-0.2, -0.15) is 0 Å². The van der Waals surface area contributed by atoms with Crippen LogP contribution in [0.25, 0.3) is 0 Å². The summed E-state index contributed by atoms with van der Waals surface area (Å²) in [6.45, 7) is 0. The van der Waals surface area contributed by atoms with E-state index >= 15 is 0 Å². The molecule has 0 radical (unpaired) electrons. The molecule has 1 fully saturated rings. The zero-order valence-electron chi connectivity index (χ0n) is 13.4. The third-order valence-electron chi connectivity index (χ3n) is 3.84. The number of methoxy groups -OCH3 is 2. The van der Waals surface area contributed by atoms with E-state index in [4.69, 9.17) is 9.47 Å². The highest BCUT2D eigenvalue weighted by atomic mass is 32.2. The molecule has 0 saturated carbocycles. The fourth-order valence-corrected chi connectivity index (χ4v) is 3.77. The summed E-state index contributed by atoms with van der Waals surface area (Å²) >= 11 is 1.58. The summed E-state index contributed by atoms with van der Waals surface area (Å²) in [5.41, 5.74) is 2.25. The minimum Gasteiger partial charge on any atom is -0.497 e. The first-order valence-electron chi connectivity index (χ1n) is 7.40. The Bertz CT molecular complexity index is 743. The number of rotatable bonds is 4. The first-order valence-corrected chi connectivity index (χ1v) is 8.45. The number of amides is 1. The molecule has 0 aromatic heterocycles. The van der Waals surface area contributed by atoms with Crippen molar-refractivity contribution in [2.75, 3.05) is 24.9 Å².